The molecular weight excluding hydrogens is 314 g/mol. The van der Waals surface area contributed by atoms with Crippen LogP contribution in [-0.4, -0.2) is 12.6 Å². The van der Waals surface area contributed by atoms with Crippen LogP contribution in [0.2, 0.25) is 0 Å². The molecule has 2 aromatic carbocycles. The van der Waals surface area contributed by atoms with Crippen molar-refractivity contribution in [3.63, 3.8) is 0 Å². The van der Waals surface area contributed by atoms with Gasteiger partial charge >= 0.3 is 0 Å². The molecule has 1 heterocycles. The Morgan fingerprint density at radius 3 is 2.23 bits per heavy atom. The summed E-state index contributed by atoms with van der Waals surface area (Å²) in [4.78, 5) is 0. The van der Waals surface area contributed by atoms with Gasteiger partial charge < -0.3 is 5.32 Å². The van der Waals surface area contributed by atoms with Crippen molar-refractivity contribution in [3.05, 3.63) is 70.8 Å². The molecule has 1 saturated heterocycles. The van der Waals surface area contributed by atoms with Gasteiger partial charge in [-0.2, -0.15) is 0 Å². The number of benzene rings is 2. The van der Waals surface area contributed by atoms with Crippen molar-refractivity contribution in [1.82, 2.24) is 5.32 Å². The summed E-state index contributed by atoms with van der Waals surface area (Å²) in [5, 5.41) is 3.93. The van der Waals surface area contributed by atoms with Crippen LogP contribution in [0.25, 0.3) is 0 Å². The SMILES string of the molecule is Cc1cccc(C(c2cccc(C(C)C)c2)C2CCCCCCCN2)c1. The maximum Gasteiger partial charge on any atom is 0.0243 e. The zero-order valence-electron chi connectivity index (χ0n) is 16.8. The van der Waals surface area contributed by atoms with E-state index in [1.807, 2.05) is 0 Å². The molecule has 1 fully saturated rings. The van der Waals surface area contributed by atoms with E-state index in [9.17, 15) is 0 Å². The van der Waals surface area contributed by atoms with E-state index >= 15 is 0 Å². The molecule has 140 valence electrons. The minimum Gasteiger partial charge on any atom is -0.313 e. The lowest BCUT2D eigenvalue weighted by atomic mass is 9.81. The van der Waals surface area contributed by atoms with E-state index < -0.39 is 0 Å². The third-order valence-corrected chi connectivity index (χ3v) is 5.84. The van der Waals surface area contributed by atoms with Crippen LogP contribution in [-0.2, 0) is 0 Å². The summed E-state index contributed by atoms with van der Waals surface area (Å²) < 4.78 is 0. The minimum absolute atomic E-state index is 0.437. The van der Waals surface area contributed by atoms with Crippen molar-refractivity contribution >= 4 is 0 Å². The van der Waals surface area contributed by atoms with Gasteiger partial charge in [-0.3, -0.25) is 0 Å². The highest BCUT2D eigenvalue weighted by atomic mass is 14.9. The lowest BCUT2D eigenvalue weighted by Crippen LogP contribution is -2.36. The predicted octanol–water partition coefficient (Wildman–Crippen LogP) is 6.56. The summed E-state index contributed by atoms with van der Waals surface area (Å²) in [6.45, 7) is 7.94. The maximum atomic E-state index is 3.93. The topological polar surface area (TPSA) is 12.0 Å². The first-order valence-electron chi connectivity index (χ1n) is 10.5. The second-order valence-corrected chi connectivity index (χ2v) is 8.33. The van der Waals surface area contributed by atoms with E-state index in [0.717, 1.165) is 6.54 Å². The fourth-order valence-corrected chi connectivity index (χ4v) is 4.33. The first-order chi connectivity index (χ1) is 12.6. The van der Waals surface area contributed by atoms with Gasteiger partial charge in [-0.1, -0.05) is 93.6 Å². The van der Waals surface area contributed by atoms with Crippen LogP contribution in [0.5, 0.6) is 0 Å². The third-order valence-electron chi connectivity index (χ3n) is 5.84. The molecular formula is C25H35N. The molecule has 0 saturated carbocycles. The quantitative estimate of drug-likeness (QED) is 0.659. The molecule has 3 rings (SSSR count). The van der Waals surface area contributed by atoms with E-state index in [4.69, 9.17) is 0 Å². The van der Waals surface area contributed by atoms with E-state index in [2.05, 4.69) is 74.6 Å². The highest BCUT2D eigenvalue weighted by Gasteiger charge is 2.25. The van der Waals surface area contributed by atoms with Gasteiger partial charge in [0.2, 0.25) is 0 Å². The smallest absolute Gasteiger partial charge is 0.0243 e. The number of rotatable bonds is 4. The van der Waals surface area contributed by atoms with E-state index in [1.165, 1.54) is 60.8 Å². The van der Waals surface area contributed by atoms with E-state index in [-0.39, 0.29) is 0 Å². The summed E-state index contributed by atoms with van der Waals surface area (Å²) in [5.74, 6) is 1.01. The van der Waals surface area contributed by atoms with Gasteiger partial charge in [-0.05, 0) is 48.9 Å². The summed E-state index contributed by atoms with van der Waals surface area (Å²) in [5.41, 5.74) is 5.74. The summed E-state index contributed by atoms with van der Waals surface area (Å²) >= 11 is 0. The Bertz CT molecular complexity index is 678. The molecule has 2 unspecified atom stereocenters. The van der Waals surface area contributed by atoms with Gasteiger partial charge in [0, 0.05) is 12.0 Å². The van der Waals surface area contributed by atoms with Crippen LogP contribution in [0, 0.1) is 6.92 Å². The lowest BCUT2D eigenvalue weighted by Gasteiger charge is -2.30. The Labute approximate surface area is 160 Å². The Kier molecular flexibility index (Phi) is 6.91. The Morgan fingerprint density at radius 1 is 0.808 bits per heavy atom. The predicted molar refractivity (Wildman–Crippen MR) is 113 cm³/mol. The number of hydrogen-bond donors (Lipinski definition) is 1. The van der Waals surface area contributed by atoms with Crippen molar-refractivity contribution in [2.45, 2.75) is 77.2 Å². The second kappa shape index (κ2) is 9.37. The van der Waals surface area contributed by atoms with Crippen molar-refractivity contribution < 1.29 is 0 Å². The van der Waals surface area contributed by atoms with Crippen LogP contribution >= 0.6 is 0 Å². The fourth-order valence-electron chi connectivity index (χ4n) is 4.33. The first kappa shape index (κ1) is 19.2. The van der Waals surface area contributed by atoms with Crippen LogP contribution in [0.1, 0.15) is 86.5 Å². The maximum absolute atomic E-state index is 3.93. The van der Waals surface area contributed by atoms with Gasteiger partial charge in [0.05, 0.1) is 0 Å². The van der Waals surface area contributed by atoms with Crippen LogP contribution in [0.4, 0.5) is 0 Å². The zero-order chi connectivity index (χ0) is 18.4. The molecule has 1 N–H and O–H groups in total. The summed E-state index contributed by atoms with van der Waals surface area (Å²) in [6, 6.07) is 19.0. The Morgan fingerprint density at radius 2 is 1.46 bits per heavy atom. The van der Waals surface area contributed by atoms with Crippen molar-refractivity contribution in [2.75, 3.05) is 6.54 Å². The molecule has 0 amide bonds. The second-order valence-electron chi connectivity index (χ2n) is 8.33. The molecule has 0 aromatic heterocycles. The van der Waals surface area contributed by atoms with Gasteiger partial charge in [0.25, 0.3) is 0 Å². The van der Waals surface area contributed by atoms with Gasteiger partial charge in [-0.25, -0.2) is 0 Å². The van der Waals surface area contributed by atoms with Crippen LogP contribution in [0.15, 0.2) is 48.5 Å². The fraction of sp³-hybridized carbons (Fsp3) is 0.520. The van der Waals surface area contributed by atoms with Crippen molar-refractivity contribution in [1.29, 1.82) is 0 Å². The van der Waals surface area contributed by atoms with Gasteiger partial charge in [0.15, 0.2) is 0 Å². The molecule has 0 spiro atoms. The summed E-state index contributed by atoms with van der Waals surface area (Å²) in [6.07, 6.45) is 8.06. The molecule has 0 radical (unpaired) electrons. The average Bonchev–Trinajstić information content (AvgIpc) is 2.77. The Balaban J connectivity index is 1.99. The highest BCUT2D eigenvalue weighted by molar-refractivity contribution is 5.39. The van der Waals surface area contributed by atoms with Crippen molar-refractivity contribution in [2.24, 2.45) is 0 Å². The molecule has 2 atom stereocenters. The molecule has 1 aliphatic rings. The lowest BCUT2D eigenvalue weighted by molar-refractivity contribution is 0.434. The highest BCUT2D eigenvalue weighted by Crippen LogP contribution is 2.33. The van der Waals surface area contributed by atoms with Crippen molar-refractivity contribution in [3.8, 4) is 0 Å². The standard InChI is InChI=1S/C25H35N/c1-19(2)21-12-10-14-23(18-21)25(22-13-9-11-20(3)17-22)24-15-7-5-4-6-8-16-26-24/h9-14,17-19,24-26H,4-8,15-16H2,1-3H3. The van der Waals surface area contributed by atoms with E-state index in [0.29, 0.717) is 17.9 Å². The number of aryl methyl sites for hydroxylation is 1. The zero-order valence-corrected chi connectivity index (χ0v) is 16.8. The molecule has 26 heavy (non-hydrogen) atoms. The normalized spacial score (nSPS) is 20.2. The molecule has 2 aromatic rings. The monoisotopic (exact) mass is 349 g/mol. The summed E-state index contributed by atoms with van der Waals surface area (Å²) in [7, 11) is 0. The van der Waals surface area contributed by atoms with Gasteiger partial charge in [0.1, 0.15) is 0 Å². The average molecular weight is 350 g/mol. The third kappa shape index (κ3) is 4.98. The molecule has 1 aliphatic heterocycles. The van der Waals surface area contributed by atoms with E-state index in [1.54, 1.807) is 0 Å². The first-order valence-corrected chi connectivity index (χ1v) is 10.5. The molecule has 1 nitrogen and oxygen atoms in total. The molecule has 0 bridgehead atoms. The number of nitrogens with one attached hydrogen (secondary N) is 1. The van der Waals surface area contributed by atoms with Gasteiger partial charge in [-0.15, -0.1) is 0 Å². The minimum atomic E-state index is 0.437. The molecule has 0 aliphatic carbocycles. The largest absolute Gasteiger partial charge is 0.313 e. The Hall–Kier alpha value is -1.60. The van der Waals surface area contributed by atoms with Crippen LogP contribution < -0.4 is 5.32 Å². The van der Waals surface area contributed by atoms with Crippen LogP contribution in [0.3, 0.4) is 0 Å². The number of hydrogen-bond acceptors (Lipinski definition) is 1. The molecule has 1 heteroatoms.